The molecule has 1 aliphatic rings. The quantitative estimate of drug-likeness (QED) is 0.820. The number of hydrogen-bond donors (Lipinski definition) is 2. The molecule has 2 rings (SSSR count). The number of rotatable bonds is 5. The van der Waals surface area contributed by atoms with Crippen molar-refractivity contribution in [1.82, 2.24) is 25.4 Å². The lowest BCUT2D eigenvalue weighted by Gasteiger charge is -2.32. The van der Waals surface area contributed by atoms with E-state index < -0.39 is 0 Å². The van der Waals surface area contributed by atoms with Gasteiger partial charge in [-0.2, -0.15) is 5.10 Å². The smallest absolute Gasteiger partial charge is 0.225 e. The molecule has 0 unspecified atom stereocenters. The van der Waals surface area contributed by atoms with Crippen molar-refractivity contribution >= 4 is 11.8 Å². The molecule has 0 spiro atoms. The van der Waals surface area contributed by atoms with Crippen molar-refractivity contribution in [3.8, 4) is 0 Å². The highest BCUT2D eigenvalue weighted by atomic mass is 16.2. The van der Waals surface area contributed by atoms with Gasteiger partial charge in [0, 0.05) is 37.9 Å². The minimum Gasteiger partial charge on any atom is -0.355 e. The summed E-state index contributed by atoms with van der Waals surface area (Å²) in [5, 5.41) is 9.45. The van der Waals surface area contributed by atoms with E-state index >= 15 is 0 Å². The third-order valence-corrected chi connectivity index (χ3v) is 3.80. The molecule has 0 bridgehead atoms. The highest BCUT2D eigenvalue weighted by Gasteiger charge is 2.27. The molecule has 21 heavy (non-hydrogen) atoms. The lowest BCUT2D eigenvalue weighted by atomic mass is 9.95. The molecule has 1 fully saturated rings. The molecular formula is C14H23N5O2. The van der Waals surface area contributed by atoms with Gasteiger partial charge in [0.25, 0.3) is 0 Å². The van der Waals surface area contributed by atoms with Crippen LogP contribution in [0.1, 0.15) is 32.5 Å². The predicted octanol–water partition coefficient (Wildman–Crippen LogP) is 0.358. The van der Waals surface area contributed by atoms with Gasteiger partial charge in [-0.1, -0.05) is 13.8 Å². The van der Waals surface area contributed by atoms with Crippen molar-refractivity contribution in [3.63, 3.8) is 0 Å². The molecule has 1 saturated heterocycles. The van der Waals surface area contributed by atoms with Crippen LogP contribution in [0.15, 0.2) is 6.33 Å². The van der Waals surface area contributed by atoms with Crippen LogP contribution in [0.4, 0.5) is 0 Å². The summed E-state index contributed by atoms with van der Waals surface area (Å²) in [7, 11) is 0. The van der Waals surface area contributed by atoms with Gasteiger partial charge in [0.15, 0.2) is 0 Å². The van der Waals surface area contributed by atoms with E-state index in [0.717, 1.165) is 18.7 Å². The van der Waals surface area contributed by atoms with Crippen LogP contribution < -0.4 is 5.32 Å². The standard InChI is InChI=1S/C14H23N5O2/c1-10(2)14(21)19-7-4-11(5-8-19)13(20)15-6-3-12-16-9-17-18-12/h9-11H,3-8H2,1-2H3,(H,15,20)(H,16,17,18). The van der Waals surface area contributed by atoms with Gasteiger partial charge >= 0.3 is 0 Å². The van der Waals surface area contributed by atoms with E-state index in [1.165, 1.54) is 6.33 Å². The first-order valence-electron chi connectivity index (χ1n) is 7.48. The summed E-state index contributed by atoms with van der Waals surface area (Å²) in [6.07, 6.45) is 3.59. The minimum absolute atomic E-state index is 0.0101. The third-order valence-electron chi connectivity index (χ3n) is 3.80. The van der Waals surface area contributed by atoms with Crippen molar-refractivity contribution < 1.29 is 9.59 Å². The average molecular weight is 293 g/mol. The zero-order valence-corrected chi connectivity index (χ0v) is 12.6. The zero-order valence-electron chi connectivity index (χ0n) is 12.6. The van der Waals surface area contributed by atoms with E-state index in [9.17, 15) is 9.59 Å². The van der Waals surface area contributed by atoms with Gasteiger partial charge in [-0.25, -0.2) is 4.98 Å². The molecule has 0 saturated carbocycles. The van der Waals surface area contributed by atoms with Gasteiger partial charge in [-0.05, 0) is 12.8 Å². The number of aromatic nitrogens is 3. The third kappa shape index (κ3) is 4.27. The number of piperidine rings is 1. The number of amides is 2. The Morgan fingerprint density at radius 1 is 1.43 bits per heavy atom. The van der Waals surface area contributed by atoms with E-state index in [2.05, 4.69) is 20.5 Å². The number of aromatic amines is 1. The van der Waals surface area contributed by atoms with Crippen LogP contribution in [0, 0.1) is 11.8 Å². The fraction of sp³-hybridized carbons (Fsp3) is 0.714. The van der Waals surface area contributed by atoms with E-state index in [1.807, 2.05) is 18.7 Å². The number of H-pyrrole nitrogens is 1. The van der Waals surface area contributed by atoms with Crippen LogP contribution in [-0.4, -0.2) is 51.5 Å². The molecule has 2 N–H and O–H groups in total. The van der Waals surface area contributed by atoms with Crippen LogP contribution in [0.5, 0.6) is 0 Å². The van der Waals surface area contributed by atoms with Gasteiger partial charge in [0.1, 0.15) is 12.2 Å². The van der Waals surface area contributed by atoms with Gasteiger partial charge in [-0.15, -0.1) is 0 Å². The monoisotopic (exact) mass is 293 g/mol. The number of hydrogen-bond acceptors (Lipinski definition) is 4. The Labute approximate surface area is 124 Å². The highest BCUT2D eigenvalue weighted by molar-refractivity contribution is 5.80. The first kappa shape index (κ1) is 15.5. The Kier molecular flexibility index (Phi) is 5.30. The van der Waals surface area contributed by atoms with E-state index in [0.29, 0.717) is 26.1 Å². The van der Waals surface area contributed by atoms with Crippen LogP contribution in [0.25, 0.3) is 0 Å². The summed E-state index contributed by atoms with van der Waals surface area (Å²) < 4.78 is 0. The van der Waals surface area contributed by atoms with Gasteiger partial charge in [-0.3, -0.25) is 14.7 Å². The maximum absolute atomic E-state index is 12.1. The number of carbonyl (C=O) groups is 2. The van der Waals surface area contributed by atoms with Crippen molar-refractivity contribution in [3.05, 3.63) is 12.2 Å². The summed E-state index contributed by atoms with van der Waals surface area (Å²) in [6.45, 7) is 5.73. The molecule has 0 atom stereocenters. The molecule has 0 radical (unpaired) electrons. The summed E-state index contributed by atoms with van der Waals surface area (Å²) >= 11 is 0. The SMILES string of the molecule is CC(C)C(=O)N1CCC(C(=O)NCCc2ncn[nH]2)CC1. The number of likely N-dealkylation sites (tertiary alicyclic amines) is 1. The van der Waals surface area contributed by atoms with E-state index in [1.54, 1.807) is 0 Å². The minimum atomic E-state index is 0.0101. The molecule has 1 aromatic rings. The largest absolute Gasteiger partial charge is 0.355 e. The molecule has 7 nitrogen and oxygen atoms in total. The van der Waals surface area contributed by atoms with Crippen molar-refractivity contribution in [1.29, 1.82) is 0 Å². The zero-order chi connectivity index (χ0) is 15.2. The average Bonchev–Trinajstić information content (AvgIpc) is 2.99. The van der Waals surface area contributed by atoms with Crippen molar-refractivity contribution in [2.24, 2.45) is 11.8 Å². The fourth-order valence-electron chi connectivity index (χ4n) is 2.53. The molecule has 0 aliphatic carbocycles. The summed E-state index contributed by atoms with van der Waals surface area (Å²) in [4.78, 5) is 29.8. The number of nitrogens with zero attached hydrogens (tertiary/aromatic N) is 3. The first-order valence-corrected chi connectivity index (χ1v) is 7.48. The van der Waals surface area contributed by atoms with Crippen LogP contribution in [0.2, 0.25) is 0 Å². The van der Waals surface area contributed by atoms with Gasteiger partial charge in [0.05, 0.1) is 0 Å². The number of nitrogens with one attached hydrogen (secondary N) is 2. The Morgan fingerprint density at radius 2 is 2.14 bits per heavy atom. The van der Waals surface area contributed by atoms with E-state index in [-0.39, 0.29) is 23.7 Å². The molecule has 1 aliphatic heterocycles. The summed E-state index contributed by atoms with van der Waals surface area (Å²) in [5.41, 5.74) is 0. The molecule has 2 heterocycles. The second-order valence-electron chi connectivity index (χ2n) is 5.73. The molecular weight excluding hydrogens is 270 g/mol. The predicted molar refractivity (Wildman–Crippen MR) is 77.2 cm³/mol. The Morgan fingerprint density at radius 3 is 2.71 bits per heavy atom. The topological polar surface area (TPSA) is 91.0 Å². The van der Waals surface area contributed by atoms with E-state index in [4.69, 9.17) is 0 Å². The molecule has 0 aromatic carbocycles. The molecule has 116 valence electrons. The number of carbonyl (C=O) groups excluding carboxylic acids is 2. The van der Waals surface area contributed by atoms with Crippen molar-refractivity contribution in [2.45, 2.75) is 33.1 Å². The fourth-order valence-corrected chi connectivity index (χ4v) is 2.53. The summed E-state index contributed by atoms with van der Waals surface area (Å²) in [6, 6.07) is 0. The molecule has 2 amide bonds. The van der Waals surface area contributed by atoms with Gasteiger partial charge in [0.2, 0.25) is 11.8 Å². The summed E-state index contributed by atoms with van der Waals surface area (Å²) in [5.74, 6) is 1.06. The lowest BCUT2D eigenvalue weighted by molar-refractivity contribution is -0.138. The second kappa shape index (κ2) is 7.19. The maximum Gasteiger partial charge on any atom is 0.225 e. The first-order chi connectivity index (χ1) is 10.1. The molecule has 7 heteroatoms. The van der Waals surface area contributed by atoms with Crippen LogP contribution >= 0.6 is 0 Å². The Bertz CT molecular complexity index is 464. The van der Waals surface area contributed by atoms with Crippen molar-refractivity contribution in [2.75, 3.05) is 19.6 Å². The second-order valence-corrected chi connectivity index (χ2v) is 5.73. The van der Waals surface area contributed by atoms with Crippen LogP contribution in [-0.2, 0) is 16.0 Å². The van der Waals surface area contributed by atoms with Crippen LogP contribution in [0.3, 0.4) is 0 Å². The highest BCUT2D eigenvalue weighted by Crippen LogP contribution is 2.18. The normalized spacial score (nSPS) is 16.2. The Balaban J connectivity index is 1.69. The maximum atomic E-state index is 12.1. The molecule has 1 aromatic heterocycles. The lowest BCUT2D eigenvalue weighted by Crippen LogP contribution is -2.44. The van der Waals surface area contributed by atoms with Gasteiger partial charge < -0.3 is 10.2 Å². The Hall–Kier alpha value is -1.92.